The first-order valence-electron chi connectivity index (χ1n) is 7.38. The van der Waals surface area contributed by atoms with Crippen LogP contribution in [0.15, 0.2) is 28.5 Å². The number of nitrogens with zero attached hydrogens (tertiary/aromatic N) is 2. The van der Waals surface area contributed by atoms with Gasteiger partial charge in [0.25, 0.3) is 0 Å². The molecule has 1 atom stereocenters. The zero-order chi connectivity index (χ0) is 16.4. The minimum absolute atomic E-state index is 0.144. The van der Waals surface area contributed by atoms with E-state index < -0.39 is 0 Å². The van der Waals surface area contributed by atoms with Gasteiger partial charge < -0.3 is 10.2 Å². The van der Waals surface area contributed by atoms with Crippen molar-refractivity contribution in [2.45, 2.75) is 30.8 Å². The summed E-state index contributed by atoms with van der Waals surface area (Å²) in [4.78, 5) is 19.4. The average Bonchev–Trinajstić information content (AvgIpc) is 2.93. The van der Waals surface area contributed by atoms with Crippen molar-refractivity contribution in [3.63, 3.8) is 0 Å². The fourth-order valence-corrected chi connectivity index (χ4v) is 4.28. The van der Waals surface area contributed by atoms with E-state index in [-0.39, 0.29) is 17.9 Å². The van der Waals surface area contributed by atoms with Gasteiger partial charge in [0.1, 0.15) is 5.82 Å². The molecule has 7 heteroatoms. The minimum Gasteiger partial charge on any atom is -0.331 e. The molecule has 2 aromatic rings. The maximum atomic E-state index is 13.5. The third-order valence-corrected chi connectivity index (χ3v) is 5.67. The SMILES string of the molecule is Cc1nc(CN(C)C(=O)NC2CCSc3ccc(F)cc32)cs1. The van der Waals surface area contributed by atoms with Gasteiger partial charge in [-0.15, -0.1) is 23.1 Å². The number of hydrogen-bond acceptors (Lipinski definition) is 4. The van der Waals surface area contributed by atoms with Crippen LogP contribution in [0.4, 0.5) is 9.18 Å². The molecule has 0 bridgehead atoms. The first kappa shape index (κ1) is 16.3. The van der Waals surface area contributed by atoms with Gasteiger partial charge in [0.05, 0.1) is 23.3 Å². The quantitative estimate of drug-likeness (QED) is 0.910. The molecule has 0 fully saturated rings. The summed E-state index contributed by atoms with van der Waals surface area (Å²) in [5, 5.41) is 5.96. The van der Waals surface area contributed by atoms with Crippen LogP contribution in [0.5, 0.6) is 0 Å². The molecule has 2 amide bonds. The van der Waals surface area contributed by atoms with Gasteiger partial charge in [-0.25, -0.2) is 14.2 Å². The second-order valence-electron chi connectivity index (χ2n) is 5.54. The van der Waals surface area contributed by atoms with Crippen molar-refractivity contribution in [1.29, 1.82) is 0 Å². The highest BCUT2D eigenvalue weighted by Gasteiger charge is 2.24. The number of hydrogen-bond donors (Lipinski definition) is 1. The summed E-state index contributed by atoms with van der Waals surface area (Å²) >= 11 is 3.27. The number of benzene rings is 1. The van der Waals surface area contributed by atoms with E-state index in [0.717, 1.165) is 33.3 Å². The third kappa shape index (κ3) is 3.84. The molecule has 1 aliphatic rings. The minimum atomic E-state index is -0.267. The molecule has 1 N–H and O–H groups in total. The lowest BCUT2D eigenvalue weighted by atomic mass is 10.0. The topological polar surface area (TPSA) is 45.2 Å². The molecule has 3 rings (SSSR count). The Balaban J connectivity index is 1.67. The highest BCUT2D eigenvalue weighted by Crippen LogP contribution is 2.36. The van der Waals surface area contributed by atoms with Gasteiger partial charge in [0.2, 0.25) is 0 Å². The normalized spacial score (nSPS) is 16.7. The van der Waals surface area contributed by atoms with Gasteiger partial charge in [-0.3, -0.25) is 0 Å². The Kier molecular flexibility index (Phi) is 4.87. The molecule has 1 aromatic carbocycles. The van der Waals surface area contributed by atoms with E-state index in [2.05, 4.69) is 10.3 Å². The van der Waals surface area contributed by atoms with Crippen LogP contribution in [-0.2, 0) is 6.54 Å². The molecule has 0 saturated carbocycles. The van der Waals surface area contributed by atoms with Crippen LogP contribution in [0.3, 0.4) is 0 Å². The Hall–Kier alpha value is -1.60. The lowest BCUT2D eigenvalue weighted by molar-refractivity contribution is 0.201. The van der Waals surface area contributed by atoms with Crippen molar-refractivity contribution < 1.29 is 9.18 Å². The number of rotatable bonds is 3. The van der Waals surface area contributed by atoms with E-state index in [0.29, 0.717) is 6.54 Å². The maximum Gasteiger partial charge on any atom is 0.317 e. The monoisotopic (exact) mass is 351 g/mol. The summed E-state index contributed by atoms with van der Waals surface area (Å²) < 4.78 is 13.5. The number of aromatic nitrogens is 1. The lowest BCUT2D eigenvalue weighted by Gasteiger charge is -2.28. The van der Waals surface area contributed by atoms with Crippen LogP contribution in [0.25, 0.3) is 0 Å². The van der Waals surface area contributed by atoms with Crippen LogP contribution in [0, 0.1) is 12.7 Å². The molecule has 4 nitrogen and oxygen atoms in total. The molecule has 0 aliphatic carbocycles. The number of carbonyl (C=O) groups excluding carboxylic acids is 1. The fourth-order valence-electron chi connectivity index (χ4n) is 2.57. The van der Waals surface area contributed by atoms with E-state index in [9.17, 15) is 9.18 Å². The first-order chi connectivity index (χ1) is 11.0. The van der Waals surface area contributed by atoms with Gasteiger partial charge in [-0.1, -0.05) is 0 Å². The van der Waals surface area contributed by atoms with Crippen LogP contribution in [0.2, 0.25) is 0 Å². The summed E-state index contributed by atoms with van der Waals surface area (Å²) in [5.41, 5.74) is 1.75. The zero-order valence-electron chi connectivity index (χ0n) is 13.0. The zero-order valence-corrected chi connectivity index (χ0v) is 14.6. The Morgan fingerprint density at radius 2 is 2.35 bits per heavy atom. The number of aryl methyl sites for hydroxylation is 1. The molecular formula is C16H18FN3OS2. The second kappa shape index (κ2) is 6.88. The fraction of sp³-hybridized carbons (Fsp3) is 0.375. The molecule has 1 aromatic heterocycles. The summed E-state index contributed by atoms with van der Waals surface area (Å²) in [6.07, 6.45) is 0.802. The smallest absolute Gasteiger partial charge is 0.317 e. The highest BCUT2D eigenvalue weighted by atomic mass is 32.2. The molecule has 1 unspecified atom stereocenters. The molecule has 0 saturated heterocycles. The summed E-state index contributed by atoms with van der Waals surface area (Å²) in [6.45, 7) is 2.41. The summed E-state index contributed by atoms with van der Waals surface area (Å²) in [6, 6.07) is 4.47. The number of nitrogens with one attached hydrogen (secondary N) is 1. The Bertz CT molecular complexity index is 719. The predicted octanol–water partition coefficient (Wildman–Crippen LogP) is 3.97. The summed E-state index contributed by atoms with van der Waals surface area (Å²) in [7, 11) is 1.74. The third-order valence-electron chi connectivity index (χ3n) is 3.72. The number of halogens is 1. The van der Waals surface area contributed by atoms with Gasteiger partial charge >= 0.3 is 6.03 Å². The van der Waals surface area contributed by atoms with Crippen molar-refractivity contribution in [3.05, 3.63) is 45.7 Å². The molecular weight excluding hydrogens is 333 g/mol. The van der Waals surface area contributed by atoms with E-state index >= 15 is 0 Å². The Labute approximate surface area is 143 Å². The van der Waals surface area contributed by atoms with Crippen molar-refractivity contribution in [2.24, 2.45) is 0 Å². The number of amides is 2. The molecule has 2 heterocycles. The van der Waals surface area contributed by atoms with E-state index in [1.807, 2.05) is 12.3 Å². The molecule has 23 heavy (non-hydrogen) atoms. The Morgan fingerprint density at radius 3 is 3.09 bits per heavy atom. The van der Waals surface area contributed by atoms with Crippen LogP contribution < -0.4 is 5.32 Å². The van der Waals surface area contributed by atoms with E-state index in [4.69, 9.17) is 0 Å². The molecule has 0 spiro atoms. The average molecular weight is 351 g/mol. The van der Waals surface area contributed by atoms with Gasteiger partial charge in [-0.2, -0.15) is 0 Å². The van der Waals surface area contributed by atoms with Crippen molar-refractivity contribution in [3.8, 4) is 0 Å². The largest absolute Gasteiger partial charge is 0.331 e. The predicted molar refractivity (Wildman–Crippen MR) is 91.3 cm³/mol. The number of urea groups is 1. The number of thioether (sulfide) groups is 1. The van der Waals surface area contributed by atoms with E-state index in [1.54, 1.807) is 41.1 Å². The van der Waals surface area contributed by atoms with Gasteiger partial charge in [-0.05, 0) is 37.1 Å². The van der Waals surface area contributed by atoms with Crippen LogP contribution in [-0.4, -0.2) is 28.7 Å². The number of carbonyl (C=O) groups is 1. The van der Waals surface area contributed by atoms with Crippen LogP contribution >= 0.6 is 23.1 Å². The van der Waals surface area contributed by atoms with Crippen molar-refractivity contribution >= 4 is 29.1 Å². The molecule has 0 radical (unpaired) electrons. The van der Waals surface area contributed by atoms with Crippen molar-refractivity contribution in [1.82, 2.24) is 15.2 Å². The number of thiazole rings is 1. The first-order valence-corrected chi connectivity index (χ1v) is 9.24. The number of fused-ring (bicyclic) bond motifs is 1. The summed E-state index contributed by atoms with van der Waals surface area (Å²) in [5.74, 6) is 0.648. The second-order valence-corrected chi connectivity index (χ2v) is 7.73. The Morgan fingerprint density at radius 1 is 1.52 bits per heavy atom. The van der Waals surface area contributed by atoms with E-state index in [1.165, 1.54) is 12.1 Å². The molecule has 122 valence electrons. The van der Waals surface area contributed by atoms with Crippen molar-refractivity contribution in [2.75, 3.05) is 12.8 Å². The lowest BCUT2D eigenvalue weighted by Crippen LogP contribution is -2.40. The van der Waals surface area contributed by atoms with Gasteiger partial charge in [0.15, 0.2) is 0 Å². The highest BCUT2D eigenvalue weighted by molar-refractivity contribution is 7.99. The van der Waals surface area contributed by atoms with Crippen LogP contribution in [0.1, 0.15) is 28.7 Å². The molecule has 1 aliphatic heterocycles. The van der Waals surface area contributed by atoms with Gasteiger partial charge in [0, 0.05) is 23.1 Å². The maximum absolute atomic E-state index is 13.5. The standard InChI is InChI=1S/C16H18FN3OS2/c1-10-18-12(9-23-10)8-20(2)16(21)19-14-5-6-22-15-4-3-11(17)7-13(14)15/h3-4,7,9,14H,5-6,8H2,1-2H3,(H,19,21).